The fourth-order valence-corrected chi connectivity index (χ4v) is 2.73. The zero-order valence-corrected chi connectivity index (χ0v) is 14.2. The van der Waals surface area contributed by atoms with Crippen LogP contribution in [0.4, 0.5) is 5.69 Å². The van der Waals surface area contributed by atoms with E-state index in [1.165, 1.54) is 10.8 Å². The zero-order valence-electron chi connectivity index (χ0n) is 14.2. The highest BCUT2D eigenvalue weighted by atomic mass is 16.5. The Hall–Kier alpha value is -2.96. The van der Waals surface area contributed by atoms with Crippen molar-refractivity contribution in [1.82, 2.24) is 9.55 Å². The van der Waals surface area contributed by atoms with E-state index in [4.69, 9.17) is 4.74 Å². The molecule has 1 aromatic carbocycles. The molecule has 0 amide bonds. The number of hydrazone groups is 1. The molecule has 1 aliphatic heterocycles. The van der Waals surface area contributed by atoms with Gasteiger partial charge in [-0.1, -0.05) is 25.1 Å². The van der Waals surface area contributed by atoms with Crippen LogP contribution in [0, 0.1) is 5.92 Å². The SMILES string of the molecule is CCOC(=O)c1cnc2n(c1=O)CCC(C)C2=NNc1ccccc1. The Morgan fingerprint density at radius 2 is 2.16 bits per heavy atom. The number of para-hydroxylation sites is 1. The van der Waals surface area contributed by atoms with Crippen LogP contribution in [0.15, 0.2) is 46.4 Å². The lowest BCUT2D eigenvalue weighted by Crippen LogP contribution is -2.38. The van der Waals surface area contributed by atoms with E-state index in [-0.39, 0.29) is 23.6 Å². The van der Waals surface area contributed by atoms with Crippen molar-refractivity contribution in [1.29, 1.82) is 0 Å². The number of carbonyl (C=O) groups excluding carboxylic acids is 1. The molecule has 1 N–H and O–H groups in total. The minimum atomic E-state index is -0.644. The molecule has 0 radical (unpaired) electrons. The predicted molar refractivity (Wildman–Crippen MR) is 94.8 cm³/mol. The topological polar surface area (TPSA) is 85.6 Å². The summed E-state index contributed by atoms with van der Waals surface area (Å²) in [6, 6.07) is 9.56. The van der Waals surface area contributed by atoms with E-state index in [0.717, 1.165) is 12.1 Å². The first kappa shape index (κ1) is 16.9. The fourth-order valence-electron chi connectivity index (χ4n) is 2.73. The van der Waals surface area contributed by atoms with Crippen molar-refractivity contribution in [2.45, 2.75) is 26.8 Å². The molecular formula is C18H20N4O3. The number of hydrogen-bond acceptors (Lipinski definition) is 6. The lowest BCUT2D eigenvalue weighted by atomic mass is 9.97. The molecule has 0 aliphatic carbocycles. The van der Waals surface area contributed by atoms with Crippen molar-refractivity contribution < 1.29 is 9.53 Å². The van der Waals surface area contributed by atoms with Gasteiger partial charge in [0.25, 0.3) is 5.56 Å². The molecule has 0 bridgehead atoms. The van der Waals surface area contributed by atoms with Gasteiger partial charge in [0, 0.05) is 18.7 Å². The van der Waals surface area contributed by atoms with Gasteiger partial charge in [0.15, 0.2) is 5.82 Å². The predicted octanol–water partition coefficient (Wildman–Crippen LogP) is 2.28. The molecular weight excluding hydrogens is 320 g/mol. The molecule has 2 heterocycles. The summed E-state index contributed by atoms with van der Waals surface area (Å²) in [6.45, 7) is 4.45. The zero-order chi connectivity index (χ0) is 17.8. The fraction of sp³-hybridized carbons (Fsp3) is 0.333. The molecule has 0 spiro atoms. The van der Waals surface area contributed by atoms with Crippen LogP contribution in [-0.4, -0.2) is 27.8 Å². The second kappa shape index (κ2) is 7.29. The van der Waals surface area contributed by atoms with Gasteiger partial charge in [-0.2, -0.15) is 5.10 Å². The number of aromatic nitrogens is 2. The van der Waals surface area contributed by atoms with Gasteiger partial charge in [-0.15, -0.1) is 0 Å². The molecule has 7 nitrogen and oxygen atoms in total. The number of ether oxygens (including phenoxy) is 1. The molecule has 7 heteroatoms. The van der Waals surface area contributed by atoms with E-state index in [1.54, 1.807) is 6.92 Å². The van der Waals surface area contributed by atoms with Crippen LogP contribution in [-0.2, 0) is 11.3 Å². The minimum Gasteiger partial charge on any atom is -0.462 e. The number of rotatable bonds is 4. The molecule has 1 atom stereocenters. The maximum absolute atomic E-state index is 12.6. The highest BCUT2D eigenvalue weighted by Gasteiger charge is 2.27. The number of carbonyl (C=O) groups is 1. The number of nitrogens with one attached hydrogen (secondary N) is 1. The maximum Gasteiger partial charge on any atom is 0.345 e. The number of benzene rings is 1. The van der Waals surface area contributed by atoms with Crippen LogP contribution in [0.5, 0.6) is 0 Å². The Morgan fingerprint density at radius 3 is 2.88 bits per heavy atom. The Morgan fingerprint density at radius 1 is 1.40 bits per heavy atom. The lowest BCUT2D eigenvalue weighted by Gasteiger charge is -2.24. The molecule has 3 rings (SSSR count). The summed E-state index contributed by atoms with van der Waals surface area (Å²) < 4.78 is 6.42. The average Bonchev–Trinajstić information content (AvgIpc) is 2.62. The van der Waals surface area contributed by atoms with E-state index < -0.39 is 5.97 Å². The number of hydrogen-bond donors (Lipinski definition) is 1. The third-order valence-electron chi connectivity index (χ3n) is 4.10. The quantitative estimate of drug-likeness (QED) is 0.682. The standard InChI is InChI=1S/C18H20N4O3/c1-3-25-18(24)14-11-19-16-15(12(2)9-10-22(16)17(14)23)21-20-13-7-5-4-6-8-13/h4-8,11-12,20H,3,9-10H2,1-2H3. The summed E-state index contributed by atoms with van der Waals surface area (Å²) in [6.07, 6.45) is 2.03. The van der Waals surface area contributed by atoms with Crippen molar-refractivity contribution in [2.75, 3.05) is 12.0 Å². The summed E-state index contributed by atoms with van der Waals surface area (Å²) in [5.74, 6) is -0.00777. The van der Waals surface area contributed by atoms with Gasteiger partial charge in [0.1, 0.15) is 11.3 Å². The van der Waals surface area contributed by atoms with Crippen LogP contribution in [0.3, 0.4) is 0 Å². The maximum atomic E-state index is 12.6. The van der Waals surface area contributed by atoms with Crippen molar-refractivity contribution >= 4 is 17.4 Å². The van der Waals surface area contributed by atoms with Crippen molar-refractivity contribution in [3.8, 4) is 0 Å². The van der Waals surface area contributed by atoms with Gasteiger partial charge in [-0.3, -0.25) is 14.8 Å². The van der Waals surface area contributed by atoms with Crippen LogP contribution in [0.1, 0.15) is 36.5 Å². The summed E-state index contributed by atoms with van der Waals surface area (Å²) in [4.78, 5) is 28.8. The largest absolute Gasteiger partial charge is 0.462 e. The van der Waals surface area contributed by atoms with E-state index in [2.05, 4.69) is 15.5 Å². The molecule has 0 saturated carbocycles. The van der Waals surface area contributed by atoms with Gasteiger partial charge in [-0.05, 0) is 25.5 Å². The average molecular weight is 340 g/mol. The molecule has 25 heavy (non-hydrogen) atoms. The van der Waals surface area contributed by atoms with E-state index in [0.29, 0.717) is 18.1 Å². The Balaban J connectivity index is 1.97. The highest BCUT2D eigenvalue weighted by Crippen LogP contribution is 2.19. The molecule has 1 aliphatic rings. The second-order valence-electron chi connectivity index (χ2n) is 5.84. The number of nitrogens with zero attached hydrogens (tertiary/aromatic N) is 3. The number of anilines is 1. The third-order valence-corrected chi connectivity index (χ3v) is 4.10. The molecule has 2 aromatic rings. The Kier molecular flexibility index (Phi) is 4.92. The molecule has 1 unspecified atom stereocenters. The summed E-state index contributed by atoms with van der Waals surface area (Å²) >= 11 is 0. The summed E-state index contributed by atoms with van der Waals surface area (Å²) in [5, 5.41) is 4.46. The van der Waals surface area contributed by atoms with Gasteiger partial charge in [0.2, 0.25) is 0 Å². The Bertz CT molecular complexity index is 858. The van der Waals surface area contributed by atoms with Crippen LogP contribution in [0.2, 0.25) is 0 Å². The van der Waals surface area contributed by atoms with Gasteiger partial charge in [-0.25, -0.2) is 9.78 Å². The normalized spacial score (nSPS) is 17.8. The van der Waals surface area contributed by atoms with Crippen molar-refractivity contribution in [2.24, 2.45) is 11.0 Å². The van der Waals surface area contributed by atoms with Crippen LogP contribution in [0.25, 0.3) is 0 Å². The first-order chi connectivity index (χ1) is 12.1. The van der Waals surface area contributed by atoms with E-state index in [1.807, 2.05) is 37.3 Å². The third kappa shape index (κ3) is 3.45. The van der Waals surface area contributed by atoms with Crippen LogP contribution >= 0.6 is 0 Å². The summed E-state index contributed by atoms with van der Waals surface area (Å²) in [5.41, 5.74) is 4.12. The molecule has 1 aromatic heterocycles. The molecule has 0 saturated heterocycles. The number of esters is 1. The number of fused-ring (bicyclic) bond motifs is 1. The Labute approximate surface area is 145 Å². The van der Waals surface area contributed by atoms with Crippen molar-refractivity contribution in [3.63, 3.8) is 0 Å². The highest BCUT2D eigenvalue weighted by molar-refractivity contribution is 6.00. The lowest BCUT2D eigenvalue weighted by molar-refractivity contribution is 0.0522. The second-order valence-corrected chi connectivity index (χ2v) is 5.84. The van der Waals surface area contributed by atoms with Gasteiger partial charge < -0.3 is 4.74 Å². The van der Waals surface area contributed by atoms with Crippen LogP contribution < -0.4 is 11.0 Å². The first-order valence-electron chi connectivity index (χ1n) is 8.27. The first-order valence-corrected chi connectivity index (χ1v) is 8.27. The van der Waals surface area contributed by atoms with Gasteiger partial charge in [0.05, 0.1) is 12.3 Å². The monoisotopic (exact) mass is 340 g/mol. The summed E-state index contributed by atoms with van der Waals surface area (Å²) in [7, 11) is 0. The molecule has 130 valence electrons. The van der Waals surface area contributed by atoms with E-state index in [9.17, 15) is 9.59 Å². The van der Waals surface area contributed by atoms with Gasteiger partial charge >= 0.3 is 5.97 Å². The smallest absolute Gasteiger partial charge is 0.345 e. The minimum absolute atomic E-state index is 0.0458. The van der Waals surface area contributed by atoms with E-state index >= 15 is 0 Å². The molecule has 0 fully saturated rings. The van der Waals surface area contributed by atoms with Crippen molar-refractivity contribution in [3.05, 3.63) is 58.3 Å².